The molecule has 1 aromatic heterocycles. The van der Waals surface area contributed by atoms with E-state index < -0.39 is 0 Å². The van der Waals surface area contributed by atoms with Crippen molar-refractivity contribution < 1.29 is 0 Å². The molecule has 0 fully saturated rings. The third-order valence-electron chi connectivity index (χ3n) is 1.63. The SMILES string of the molecule is CC(CN)Cn1cc[nH]c1=O. The van der Waals surface area contributed by atoms with Crippen LogP contribution < -0.4 is 11.4 Å². The van der Waals surface area contributed by atoms with E-state index in [1.807, 2.05) is 6.92 Å². The predicted molar refractivity (Wildman–Crippen MR) is 43.3 cm³/mol. The molecule has 0 aliphatic heterocycles. The van der Waals surface area contributed by atoms with Gasteiger partial charge in [-0.05, 0) is 12.5 Å². The van der Waals surface area contributed by atoms with Gasteiger partial charge >= 0.3 is 5.69 Å². The molecule has 0 amide bonds. The van der Waals surface area contributed by atoms with Crippen LogP contribution in [0.3, 0.4) is 0 Å². The van der Waals surface area contributed by atoms with Gasteiger partial charge in [-0.3, -0.25) is 4.57 Å². The van der Waals surface area contributed by atoms with Crippen LogP contribution in [-0.4, -0.2) is 16.1 Å². The largest absolute Gasteiger partial charge is 0.330 e. The van der Waals surface area contributed by atoms with Crippen molar-refractivity contribution in [3.05, 3.63) is 22.9 Å². The Morgan fingerprint density at radius 1 is 1.82 bits per heavy atom. The molecule has 62 valence electrons. The van der Waals surface area contributed by atoms with Crippen molar-refractivity contribution >= 4 is 0 Å². The quantitative estimate of drug-likeness (QED) is 0.633. The van der Waals surface area contributed by atoms with Crippen LogP contribution in [0.15, 0.2) is 17.2 Å². The van der Waals surface area contributed by atoms with Crippen molar-refractivity contribution in [1.82, 2.24) is 9.55 Å². The van der Waals surface area contributed by atoms with Gasteiger partial charge in [-0.1, -0.05) is 6.92 Å². The Morgan fingerprint density at radius 2 is 2.55 bits per heavy atom. The van der Waals surface area contributed by atoms with Crippen molar-refractivity contribution in [1.29, 1.82) is 0 Å². The smallest absolute Gasteiger partial charge is 0.325 e. The monoisotopic (exact) mass is 155 g/mol. The van der Waals surface area contributed by atoms with E-state index in [0.717, 1.165) is 0 Å². The van der Waals surface area contributed by atoms with E-state index >= 15 is 0 Å². The zero-order chi connectivity index (χ0) is 8.27. The zero-order valence-electron chi connectivity index (χ0n) is 6.58. The van der Waals surface area contributed by atoms with Gasteiger partial charge in [-0.2, -0.15) is 0 Å². The van der Waals surface area contributed by atoms with Crippen molar-refractivity contribution in [2.24, 2.45) is 11.7 Å². The van der Waals surface area contributed by atoms with E-state index in [1.54, 1.807) is 17.0 Å². The number of rotatable bonds is 3. The Kier molecular flexibility index (Phi) is 2.48. The molecule has 0 aromatic carbocycles. The average molecular weight is 155 g/mol. The van der Waals surface area contributed by atoms with Crippen molar-refractivity contribution in [2.75, 3.05) is 6.54 Å². The van der Waals surface area contributed by atoms with Crippen LogP contribution >= 0.6 is 0 Å². The molecular weight excluding hydrogens is 142 g/mol. The number of hydrogen-bond acceptors (Lipinski definition) is 2. The number of hydrogen-bond donors (Lipinski definition) is 2. The molecule has 0 radical (unpaired) electrons. The summed E-state index contributed by atoms with van der Waals surface area (Å²) < 4.78 is 1.62. The van der Waals surface area contributed by atoms with Gasteiger partial charge < -0.3 is 10.7 Å². The van der Waals surface area contributed by atoms with E-state index in [9.17, 15) is 4.79 Å². The fourth-order valence-corrected chi connectivity index (χ4v) is 0.903. The zero-order valence-corrected chi connectivity index (χ0v) is 6.58. The Morgan fingerprint density at radius 3 is 3.00 bits per heavy atom. The highest BCUT2D eigenvalue weighted by Gasteiger charge is 2.01. The lowest BCUT2D eigenvalue weighted by Crippen LogP contribution is -2.23. The molecule has 1 unspecified atom stereocenters. The topological polar surface area (TPSA) is 63.8 Å². The van der Waals surface area contributed by atoms with Gasteiger partial charge in [0.1, 0.15) is 0 Å². The lowest BCUT2D eigenvalue weighted by atomic mass is 10.2. The summed E-state index contributed by atoms with van der Waals surface area (Å²) in [5, 5.41) is 0. The summed E-state index contributed by atoms with van der Waals surface area (Å²) in [5.74, 6) is 0.350. The summed E-state index contributed by atoms with van der Waals surface area (Å²) in [7, 11) is 0. The molecule has 0 spiro atoms. The summed E-state index contributed by atoms with van der Waals surface area (Å²) in [6.45, 7) is 3.32. The first-order chi connectivity index (χ1) is 5.24. The van der Waals surface area contributed by atoms with E-state index in [0.29, 0.717) is 19.0 Å². The molecule has 0 aliphatic carbocycles. The minimum absolute atomic E-state index is 0.0645. The number of aromatic nitrogens is 2. The Hall–Kier alpha value is -1.03. The van der Waals surface area contributed by atoms with E-state index in [1.165, 1.54) is 0 Å². The molecule has 1 aromatic rings. The van der Waals surface area contributed by atoms with Crippen LogP contribution in [0.4, 0.5) is 0 Å². The summed E-state index contributed by atoms with van der Waals surface area (Å²) in [6.07, 6.45) is 3.36. The van der Waals surface area contributed by atoms with Crippen molar-refractivity contribution in [3.63, 3.8) is 0 Å². The predicted octanol–water partition coefficient (Wildman–Crippen LogP) is -0.229. The fraction of sp³-hybridized carbons (Fsp3) is 0.571. The highest BCUT2D eigenvalue weighted by molar-refractivity contribution is 4.76. The number of aromatic amines is 1. The second-order valence-corrected chi connectivity index (χ2v) is 2.76. The van der Waals surface area contributed by atoms with Gasteiger partial charge in [0.05, 0.1) is 0 Å². The first-order valence-electron chi connectivity index (χ1n) is 3.68. The highest BCUT2D eigenvalue weighted by atomic mass is 16.1. The molecule has 0 saturated carbocycles. The fourth-order valence-electron chi connectivity index (χ4n) is 0.903. The maximum absolute atomic E-state index is 10.9. The second-order valence-electron chi connectivity index (χ2n) is 2.76. The van der Waals surface area contributed by atoms with Crippen LogP contribution in [0, 0.1) is 5.92 Å². The molecule has 1 heterocycles. The normalized spacial score (nSPS) is 13.3. The van der Waals surface area contributed by atoms with Gasteiger partial charge in [-0.15, -0.1) is 0 Å². The second kappa shape index (κ2) is 3.39. The number of imidazole rings is 1. The summed E-state index contributed by atoms with van der Waals surface area (Å²) >= 11 is 0. The molecule has 1 atom stereocenters. The van der Waals surface area contributed by atoms with E-state index in [-0.39, 0.29) is 5.69 Å². The van der Waals surface area contributed by atoms with Crippen LogP contribution in [0.1, 0.15) is 6.92 Å². The molecule has 0 aliphatic rings. The highest BCUT2D eigenvalue weighted by Crippen LogP contribution is 1.93. The summed E-state index contributed by atoms with van der Waals surface area (Å²) in [5.41, 5.74) is 5.35. The first kappa shape index (κ1) is 8.07. The van der Waals surface area contributed by atoms with Gasteiger partial charge in [-0.25, -0.2) is 4.79 Å². The molecule has 1 rings (SSSR count). The Bertz CT molecular complexity index is 263. The van der Waals surface area contributed by atoms with Crippen molar-refractivity contribution in [2.45, 2.75) is 13.5 Å². The third-order valence-corrected chi connectivity index (χ3v) is 1.63. The minimum Gasteiger partial charge on any atom is -0.330 e. The van der Waals surface area contributed by atoms with Gasteiger partial charge in [0.2, 0.25) is 0 Å². The lowest BCUT2D eigenvalue weighted by molar-refractivity contribution is 0.483. The Balaban J connectivity index is 2.64. The average Bonchev–Trinajstić information content (AvgIpc) is 2.37. The number of nitrogens with one attached hydrogen (secondary N) is 1. The minimum atomic E-state index is -0.0645. The van der Waals surface area contributed by atoms with Gasteiger partial charge in [0.15, 0.2) is 0 Å². The first-order valence-corrected chi connectivity index (χ1v) is 3.68. The number of H-pyrrole nitrogens is 1. The van der Waals surface area contributed by atoms with Gasteiger partial charge in [0.25, 0.3) is 0 Å². The van der Waals surface area contributed by atoms with Gasteiger partial charge in [0, 0.05) is 18.9 Å². The molecule has 3 N–H and O–H groups in total. The number of nitrogens with zero attached hydrogens (tertiary/aromatic N) is 1. The van der Waals surface area contributed by atoms with Crippen LogP contribution in [0.5, 0.6) is 0 Å². The van der Waals surface area contributed by atoms with Crippen LogP contribution in [0.25, 0.3) is 0 Å². The number of nitrogens with two attached hydrogens (primary N) is 1. The Labute approximate surface area is 65.0 Å². The van der Waals surface area contributed by atoms with Crippen LogP contribution in [0.2, 0.25) is 0 Å². The molecule has 4 heteroatoms. The molecular formula is C7H13N3O. The molecule has 0 bridgehead atoms. The lowest BCUT2D eigenvalue weighted by Gasteiger charge is -2.06. The molecule has 4 nitrogen and oxygen atoms in total. The van der Waals surface area contributed by atoms with Crippen molar-refractivity contribution in [3.8, 4) is 0 Å². The maximum Gasteiger partial charge on any atom is 0.325 e. The van der Waals surface area contributed by atoms with Crippen LogP contribution in [-0.2, 0) is 6.54 Å². The third kappa shape index (κ3) is 1.94. The molecule has 11 heavy (non-hydrogen) atoms. The van der Waals surface area contributed by atoms with E-state index in [4.69, 9.17) is 5.73 Å². The molecule has 0 saturated heterocycles. The maximum atomic E-state index is 10.9. The summed E-state index contributed by atoms with van der Waals surface area (Å²) in [4.78, 5) is 13.5. The standard InChI is InChI=1S/C7H13N3O/c1-6(4-8)5-10-3-2-9-7(10)11/h2-3,6H,4-5,8H2,1H3,(H,9,11). The summed E-state index contributed by atoms with van der Waals surface area (Å²) in [6, 6.07) is 0. The van der Waals surface area contributed by atoms with E-state index in [2.05, 4.69) is 4.98 Å².